The Morgan fingerprint density at radius 3 is 2.71 bits per heavy atom. The first kappa shape index (κ1) is 11.7. The highest BCUT2D eigenvalue weighted by Gasteiger charge is 2.10. The van der Waals surface area contributed by atoms with Gasteiger partial charge in [-0.1, -0.05) is 5.16 Å². The molecule has 0 bridgehead atoms. The Morgan fingerprint density at radius 2 is 2.06 bits per heavy atom. The Kier molecular flexibility index (Phi) is 3.49. The van der Waals surface area contributed by atoms with Gasteiger partial charge in [0.15, 0.2) is 5.76 Å². The van der Waals surface area contributed by atoms with Crippen LogP contribution in [0.1, 0.15) is 35.8 Å². The van der Waals surface area contributed by atoms with E-state index < -0.39 is 0 Å². The molecule has 2 aromatic rings. The molecule has 0 saturated carbocycles. The molecule has 1 atom stereocenters. The van der Waals surface area contributed by atoms with Crippen LogP contribution >= 0.6 is 0 Å². The molecule has 5 nitrogen and oxygen atoms in total. The SMILES string of the molecule is Cc1cc(CNC(C)c2nccnc2C)on1. The lowest BCUT2D eigenvalue weighted by molar-refractivity contribution is 0.362. The summed E-state index contributed by atoms with van der Waals surface area (Å²) in [6.45, 7) is 6.56. The monoisotopic (exact) mass is 232 g/mol. The molecule has 0 aliphatic rings. The van der Waals surface area contributed by atoms with Crippen LogP contribution in [0, 0.1) is 13.8 Å². The van der Waals surface area contributed by atoms with Crippen LogP contribution in [0.25, 0.3) is 0 Å². The van der Waals surface area contributed by atoms with Gasteiger partial charge in [-0.3, -0.25) is 9.97 Å². The molecule has 2 rings (SSSR count). The van der Waals surface area contributed by atoms with Gasteiger partial charge in [0, 0.05) is 24.5 Å². The van der Waals surface area contributed by atoms with E-state index in [1.807, 2.05) is 19.9 Å². The predicted octanol–water partition coefficient (Wildman–Crippen LogP) is 1.93. The molecule has 1 unspecified atom stereocenters. The van der Waals surface area contributed by atoms with E-state index in [0.717, 1.165) is 22.8 Å². The topological polar surface area (TPSA) is 63.8 Å². The summed E-state index contributed by atoms with van der Waals surface area (Å²) in [5.41, 5.74) is 2.80. The van der Waals surface area contributed by atoms with E-state index in [1.54, 1.807) is 12.4 Å². The fourth-order valence-corrected chi connectivity index (χ4v) is 1.69. The first-order chi connectivity index (χ1) is 8.16. The standard InChI is InChI=1S/C12H16N4O/c1-8-6-11(17-16-8)7-15-10(3)12-9(2)13-4-5-14-12/h4-6,10,15H,7H2,1-3H3. The van der Waals surface area contributed by atoms with Gasteiger partial charge in [0.25, 0.3) is 0 Å². The smallest absolute Gasteiger partial charge is 0.150 e. The second kappa shape index (κ2) is 5.05. The fraction of sp³-hybridized carbons (Fsp3) is 0.417. The van der Waals surface area contributed by atoms with E-state index in [1.165, 1.54) is 0 Å². The maximum atomic E-state index is 5.13. The molecule has 0 saturated heterocycles. The van der Waals surface area contributed by atoms with Crippen LogP contribution in [-0.4, -0.2) is 15.1 Å². The number of aryl methyl sites for hydroxylation is 2. The maximum absolute atomic E-state index is 5.13. The van der Waals surface area contributed by atoms with Crippen molar-refractivity contribution in [1.29, 1.82) is 0 Å². The lowest BCUT2D eigenvalue weighted by Crippen LogP contribution is -2.20. The summed E-state index contributed by atoms with van der Waals surface area (Å²) >= 11 is 0. The van der Waals surface area contributed by atoms with E-state index >= 15 is 0 Å². The molecule has 0 radical (unpaired) electrons. The molecule has 17 heavy (non-hydrogen) atoms. The molecule has 0 amide bonds. The number of aromatic nitrogens is 3. The van der Waals surface area contributed by atoms with Crippen molar-refractivity contribution in [3.05, 3.63) is 41.3 Å². The minimum absolute atomic E-state index is 0.133. The number of nitrogens with zero attached hydrogens (tertiary/aromatic N) is 3. The van der Waals surface area contributed by atoms with Crippen LogP contribution in [0.15, 0.2) is 23.0 Å². The van der Waals surface area contributed by atoms with Gasteiger partial charge >= 0.3 is 0 Å². The molecule has 0 aromatic carbocycles. The normalized spacial score (nSPS) is 12.6. The molecule has 5 heteroatoms. The van der Waals surface area contributed by atoms with Crippen molar-refractivity contribution >= 4 is 0 Å². The average molecular weight is 232 g/mol. The second-order valence-electron chi connectivity index (χ2n) is 4.06. The number of nitrogens with one attached hydrogen (secondary N) is 1. The van der Waals surface area contributed by atoms with Crippen molar-refractivity contribution in [2.24, 2.45) is 0 Å². The lowest BCUT2D eigenvalue weighted by Gasteiger charge is -2.13. The molecule has 2 heterocycles. The van der Waals surface area contributed by atoms with Gasteiger partial charge in [-0.05, 0) is 20.8 Å². The summed E-state index contributed by atoms with van der Waals surface area (Å²) < 4.78 is 5.13. The Balaban J connectivity index is 1.98. The lowest BCUT2D eigenvalue weighted by atomic mass is 10.2. The van der Waals surface area contributed by atoms with Crippen molar-refractivity contribution in [2.45, 2.75) is 33.4 Å². The predicted molar refractivity (Wildman–Crippen MR) is 63.3 cm³/mol. The van der Waals surface area contributed by atoms with Crippen molar-refractivity contribution in [1.82, 2.24) is 20.4 Å². The molecule has 0 fully saturated rings. The third kappa shape index (κ3) is 2.88. The molecule has 0 aliphatic carbocycles. The number of hydrogen-bond donors (Lipinski definition) is 1. The zero-order chi connectivity index (χ0) is 12.3. The highest BCUT2D eigenvalue weighted by molar-refractivity contribution is 5.12. The third-order valence-corrected chi connectivity index (χ3v) is 2.59. The van der Waals surface area contributed by atoms with Crippen molar-refractivity contribution < 1.29 is 4.52 Å². The molecule has 2 aromatic heterocycles. The van der Waals surface area contributed by atoms with Crippen LogP contribution in [0.2, 0.25) is 0 Å². The maximum Gasteiger partial charge on any atom is 0.150 e. The Morgan fingerprint density at radius 1 is 1.29 bits per heavy atom. The Bertz CT molecular complexity index is 495. The summed E-state index contributed by atoms with van der Waals surface area (Å²) in [7, 11) is 0. The average Bonchev–Trinajstić information content (AvgIpc) is 2.73. The van der Waals surface area contributed by atoms with Crippen LogP contribution in [0.3, 0.4) is 0 Å². The van der Waals surface area contributed by atoms with E-state index in [-0.39, 0.29) is 6.04 Å². The van der Waals surface area contributed by atoms with Gasteiger partial charge in [0.1, 0.15) is 0 Å². The Hall–Kier alpha value is -1.75. The van der Waals surface area contributed by atoms with Gasteiger partial charge in [0.05, 0.1) is 23.6 Å². The molecule has 90 valence electrons. The summed E-state index contributed by atoms with van der Waals surface area (Å²) in [5, 5.41) is 7.17. The zero-order valence-electron chi connectivity index (χ0n) is 10.3. The molecule has 0 spiro atoms. The van der Waals surface area contributed by atoms with Crippen LogP contribution in [-0.2, 0) is 6.54 Å². The van der Waals surface area contributed by atoms with E-state index in [4.69, 9.17) is 4.52 Å². The summed E-state index contributed by atoms with van der Waals surface area (Å²) in [4.78, 5) is 8.55. The molecular weight excluding hydrogens is 216 g/mol. The Labute approximate surface area is 100 Å². The van der Waals surface area contributed by atoms with E-state index in [2.05, 4.69) is 27.4 Å². The van der Waals surface area contributed by atoms with Crippen LogP contribution in [0.4, 0.5) is 0 Å². The van der Waals surface area contributed by atoms with Crippen molar-refractivity contribution in [3.63, 3.8) is 0 Å². The highest BCUT2D eigenvalue weighted by Crippen LogP contribution is 2.12. The summed E-state index contributed by atoms with van der Waals surface area (Å²) in [5.74, 6) is 0.830. The van der Waals surface area contributed by atoms with Gasteiger partial charge in [-0.25, -0.2) is 0 Å². The quantitative estimate of drug-likeness (QED) is 0.872. The zero-order valence-corrected chi connectivity index (χ0v) is 10.3. The van der Waals surface area contributed by atoms with Crippen molar-refractivity contribution in [2.75, 3.05) is 0 Å². The van der Waals surface area contributed by atoms with Crippen molar-refractivity contribution in [3.8, 4) is 0 Å². The van der Waals surface area contributed by atoms with E-state index in [0.29, 0.717) is 6.54 Å². The number of hydrogen-bond acceptors (Lipinski definition) is 5. The first-order valence-corrected chi connectivity index (χ1v) is 5.60. The minimum Gasteiger partial charge on any atom is -0.360 e. The van der Waals surface area contributed by atoms with Gasteiger partial charge in [-0.2, -0.15) is 0 Å². The second-order valence-corrected chi connectivity index (χ2v) is 4.06. The van der Waals surface area contributed by atoms with Gasteiger partial charge in [-0.15, -0.1) is 0 Å². The van der Waals surface area contributed by atoms with Crippen LogP contribution in [0.5, 0.6) is 0 Å². The van der Waals surface area contributed by atoms with Gasteiger partial charge in [0.2, 0.25) is 0 Å². The molecule has 1 N–H and O–H groups in total. The van der Waals surface area contributed by atoms with Crippen LogP contribution < -0.4 is 5.32 Å². The third-order valence-electron chi connectivity index (χ3n) is 2.59. The van der Waals surface area contributed by atoms with E-state index in [9.17, 15) is 0 Å². The molecular formula is C12H16N4O. The summed E-state index contributed by atoms with van der Waals surface area (Å²) in [6.07, 6.45) is 3.41. The first-order valence-electron chi connectivity index (χ1n) is 5.60. The molecule has 0 aliphatic heterocycles. The minimum atomic E-state index is 0.133. The largest absolute Gasteiger partial charge is 0.360 e. The number of rotatable bonds is 4. The van der Waals surface area contributed by atoms with Gasteiger partial charge < -0.3 is 9.84 Å². The highest BCUT2D eigenvalue weighted by atomic mass is 16.5. The fourth-order valence-electron chi connectivity index (χ4n) is 1.69. The summed E-state index contributed by atoms with van der Waals surface area (Å²) in [6, 6.07) is 2.05.